The van der Waals surface area contributed by atoms with Crippen LogP contribution in [0.5, 0.6) is 0 Å². The smallest absolute Gasteiger partial charge is 0.408 e. The van der Waals surface area contributed by atoms with E-state index in [9.17, 15) is 9.90 Å². The molecule has 0 unspecified atom stereocenters. The standard InChI is InChI=1S/C26H29N3O3/c1-25(2,3)32-24(31)29-26(14-21(30)15-26)19-11-9-18(10-12-19)23-22(13-20(27)16-28-23)17-7-5-4-6-8-17/h4-13,16,21,30H,14-15,27H2,1-3H3,(H,29,31). The van der Waals surface area contributed by atoms with Crippen molar-refractivity contribution in [1.29, 1.82) is 0 Å². The van der Waals surface area contributed by atoms with Gasteiger partial charge in [-0.15, -0.1) is 0 Å². The highest BCUT2D eigenvalue weighted by atomic mass is 16.6. The van der Waals surface area contributed by atoms with E-state index in [0.717, 1.165) is 27.9 Å². The van der Waals surface area contributed by atoms with Crippen molar-refractivity contribution in [3.05, 3.63) is 72.4 Å². The number of benzene rings is 2. The van der Waals surface area contributed by atoms with Gasteiger partial charge in [-0.3, -0.25) is 4.98 Å². The fourth-order valence-electron chi connectivity index (χ4n) is 4.15. The average molecular weight is 432 g/mol. The fourth-order valence-corrected chi connectivity index (χ4v) is 4.15. The molecule has 0 atom stereocenters. The number of rotatable bonds is 4. The Kier molecular flexibility index (Phi) is 5.65. The number of hydrogen-bond acceptors (Lipinski definition) is 5. The molecule has 1 amide bonds. The number of pyridine rings is 1. The molecule has 166 valence electrons. The summed E-state index contributed by atoms with van der Waals surface area (Å²) in [6, 6.07) is 19.9. The van der Waals surface area contributed by atoms with Gasteiger partial charge in [-0.25, -0.2) is 4.79 Å². The van der Waals surface area contributed by atoms with Crippen molar-refractivity contribution in [2.75, 3.05) is 5.73 Å². The van der Waals surface area contributed by atoms with Gasteiger partial charge in [0.2, 0.25) is 0 Å². The number of hydrogen-bond donors (Lipinski definition) is 3. The number of amides is 1. The van der Waals surface area contributed by atoms with Crippen LogP contribution in [0.4, 0.5) is 10.5 Å². The van der Waals surface area contributed by atoms with Crippen LogP contribution in [0, 0.1) is 0 Å². The number of alkyl carbamates (subject to hydrolysis) is 1. The molecule has 6 heteroatoms. The number of ether oxygens (including phenoxy) is 1. The molecule has 0 radical (unpaired) electrons. The number of aliphatic hydroxyl groups is 1. The van der Waals surface area contributed by atoms with Gasteiger partial charge < -0.3 is 20.9 Å². The molecule has 32 heavy (non-hydrogen) atoms. The molecule has 6 nitrogen and oxygen atoms in total. The highest BCUT2D eigenvalue weighted by molar-refractivity contribution is 5.82. The van der Waals surface area contributed by atoms with E-state index in [4.69, 9.17) is 10.5 Å². The van der Waals surface area contributed by atoms with Crippen molar-refractivity contribution < 1.29 is 14.6 Å². The number of aromatic nitrogens is 1. The Hall–Kier alpha value is -3.38. The van der Waals surface area contributed by atoms with Gasteiger partial charge in [0.05, 0.1) is 29.2 Å². The molecular weight excluding hydrogens is 402 g/mol. The van der Waals surface area contributed by atoms with Gasteiger partial charge >= 0.3 is 6.09 Å². The monoisotopic (exact) mass is 431 g/mol. The summed E-state index contributed by atoms with van der Waals surface area (Å²) in [5, 5.41) is 13.0. The molecule has 4 N–H and O–H groups in total. The largest absolute Gasteiger partial charge is 0.444 e. The van der Waals surface area contributed by atoms with E-state index < -0.39 is 23.3 Å². The third kappa shape index (κ3) is 4.60. The molecule has 1 saturated carbocycles. The minimum atomic E-state index is -0.642. The number of aliphatic hydroxyl groups excluding tert-OH is 1. The third-order valence-corrected chi connectivity index (χ3v) is 5.61. The highest BCUT2D eigenvalue weighted by Crippen LogP contribution is 2.42. The van der Waals surface area contributed by atoms with Crippen molar-refractivity contribution in [2.45, 2.75) is 50.9 Å². The molecule has 4 rings (SSSR count). The summed E-state index contributed by atoms with van der Waals surface area (Å²) in [5.41, 5.74) is 10.1. The quantitative estimate of drug-likeness (QED) is 0.547. The molecule has 0 aliphatic heterocycles. The van der Waals surface area contributed by atoms with Crippen molar-refractivity contribution in [2.24, 2.45) is 0 Å². The van der Waals surface area contributed by atoms with Gasteiger partial charge in [0.1, 0.15) is 5.60 Å². The molecule has 1 aromatic heterocycles. The Bertz CT molecular complexity index is 1100. The Morgan fingerprint density at radius 3 is 2.34 bits per heavy atom. The number of nitrogens with one attached hydrogen (secondary N) is 1. The minimum Gasteiger partial charge on any atom is -0.444 e. The van der Waals surface area contributed by atoms with Crippen LogP contribution in [0.1, 0.15) is 39.2 Å². The van der Waals surface area contributed by atoms with E-state index in [1.54, 1.807) is 6.20 Å². The molecule has 1 aliphatic rings. The number of nitrogens with zero attached hydrogens (tertiary/aromatic N) is 1. The van der Waals surface area contributed by atoms with Crippen LogP contribution in [-0.4, -0.2) is 27.9 Å². The van der Waals surface area contributed by atoms with Gasteiger partial charge in [0.25, 0.3) is 0 Å². The summed E-state index contributed by atoms with van der Waals surface area (Å²) in [6.07, 6.45) is 1.61. The maximum Gasteiger partial charge on any atom is 0.408 e. The van der Waals surface area contributed by atoms with Gasteiger partial charge in [-0.05, 0) is 38.0 Å². The lowest BCUT2D eigenvalue weighted by Gasteiger charge is -2.46. The lowest BCUT2D eigenvalue weighted by atomic mass is 9.69. The molecule has 3 aromatic rings. The molecule has 0 bridgehead atoms. The van der Waals surface area contributed by atoms with Crippen LogP contribution >= 0.6 is 0 Å². The van der Waals surface area contributed by atoms with Crippen LogP contribution < -0.4 is 11.1 Å². The predicted molar refractivity (Wildman–Crippen MR) is 126 cm³/mol. The predicted octanol–water partition coefficient (Wildman–Crippen LogP) is 4.87. The lowest BCUT2D eigenvalue weighted by Crippen LogP contribution is -2.57. The SMILES string of the molecule is CC(C)(C)OC(=O)NC1(c2ccc(-c3ncc(N)cc3-c3ccccc3)cc2)CC(O)C1. The molecule has 1 heterocycles. The second-order valence-corrected chi connectivity index (χ2v) is 9.38. The summed E-state index contributed by atoms with van der Waals surface area (Å²) in [6.45, 7) is 5.48. The van der Waals surface area contributed by atoms with E-state index in [-0.39, 0.29) is 0 Å². The van der Waals surface area contributed by atoms with Crippen LogP contribution in [0.2, 0.25) is 0 Å². The average Bonchev–Trinajstić information content (AvgIpc) is 2.72. The number of carbonyl (C=O) groups excluding carboxylic acids is 1. The third-order valence-electron chi connectivity index (χ3n) is 5.61. The first kappa shape index (κ1) is 21.8. The van der Waals surface area contributed by atoms with E-state index in [1.165, 1.54) is 0 Å². The second kappa shape index (κ2) is 8.28. The Morgan fingerprint density at radius 2 is 1.75 bits per heavy atom. The Morgan fingerprint density at radius 1 is 1.09 bits per heavy atom. The zero-order valence-electron chi connectivity index (χ0n) is 18.6. The van der Waals surface area contributed by atoms with Gasteiger partial charge in [-0.1, -0.05) is 54.6 Å². The number of nitrogen functional groups attached to an aromatic ring is 1. The molecule has 2 aromatic carbocycles. The molecule has 1 fully saturated rings. The first-order valence-corrected chi connectivity index (χ1v) is 10.8. The van der Waals surface area contributed by atoms with Crippen LogP contribution in [0.25, 0.3) is 22.4 Å². The van der Waals surface area contributed by atoms with E-state index >= 15 is 0 Å². The van der Waals surface area contributed by atoms with Crippen LogP contribution in [-0.2, 0) is 10.3 Å². The molecule has 0 spiro atoms. The topological polar surface area (TPSA) is 97.5 Å². The zero-order valence-corrected chi connectivity index (χ0v) is 18.6. The minimum absolute atomic E-state index is 0.445. The summed E-state index contributed by atoms with van der Waals surface area (Å²) in [7, 11) is 0. The van der Waals surface area contributed by atoms with Crippen LogP contribution in [0.3, 0.4) is 0 Å². The molecule has 1 aliphatic carbocycles. The molecular formula is C26H29N3O3. The summed E-state index contributed by atoms with van der Waals surface area (Å²) >= 11 is 0. The fraction of sp³-hybridized carbons (Fsp3) is 0.308. The van der Waals surface area contributed by atoms with E-state index in [0.29, 0.717) is 18.5 Å². The summed E-state index contributed by atoms with van der Waals surface area (Å²) in [5.74, 6) is 0. The first-order valence-electron chi connectivity index (χ1n) is 10.8. The Balaban J connectivity index is 1.64. The van der Waals surface area contributed by atoms with Crippen molar-refractivity contribution in [3.63, 3.8) is 0 Å². The number of anilines is 1. The first-order chi connectivity index (χ1) is 15.2. The molecule has 0 saturated heterocycles. The maximum atomic E-state index is 12.4. The maximum absolute atomic E-state index is 12.4. The zero-order chi connectivity index (χ0) is 22.9. The lowest BCUT2D eigenvalue weighted by molar-refractivity contribution is -0.0124. The van der Waals surface area contributed by atoms with Gasteiger partial charge in [0, 0.05) is 24.0 Å². The van der Waals surface area contributed by atoms with Crippen molar-refractivity contribution in [1.82, 2.24) is 10.3 Å². The van der Waals surface area contributed by atoms with Crippen molar-refractivity contribution in [3.8, 4) is 22.4 Å². The van der Waals surface area contributed by atoms with Crippen molar-refractivity contribution >= 4 is 11.8 Å². The van der Waals surface area contributed by atoms with Crippen LogP contribution in [0.15, 0.2) is 66.9 Å². The summed E-state index contributed by atoms with van der Waals surface area (Å²) in [4.78, 5) is 17.0. The highest BCUT2D eigenvalue weighted by Gasteiger charge is 2.46. The normalized spacial score (nSPS) is 20.3. The van der Waals surface area contributed by atoms with E-state index in [2.05, 4.69) is 10.3 Å². The number of nitrogens with two attached hydrogens (primary N) is 1. The van der Waals surface area contributed by atoms with Gasteiger partial charge in [-0.2, -0.15) is 0 Å². The second-order valence-electron chi connectivity index (χ2n) is 9.38. The Labute approximate surface area is 188 Å². The number of carbonyl (C=O) groups is 1. The van der Waals surface area contributed by atoms with Gasteiger partial charge in [0.15, 0.2) is 0 Å². The van der Waals surface area contributed by atoms with E-state index in [1.807, 2.05) is 81.4 Å². The summed E-state index contributed by atoms with van der Waals surface area (Å²) < 4.78 is 5.44.